The van der Waals surface area contributed by atoms with E-state index in [1.54, 1.807) is 11.3 Å². The van der Waals surface area contributed by atoms with Crippen molar-refractivity contribution in [3.05, 3.63) is 58.0 Å². The molecule has 0 saturated heterocycles. The van der Waals surface area contributed by atoms with E-state index in [0.29, 0.717) is 6.54 Å². The highest BCUT2D eigenvalue weighted by atomic mass is 32.1. The molecule has 1 atom stereocenters. The summed E-state index contributed by atoms with van der Waals surface area (Å²) in [6.07, 6.45) is 0.826. The molecule has 4 nitrogen and oxygen atoms in total. The van der Waals surface area contributed by atoms with Gasteiger partial charge in [0, 0.05) is 18.0 Å². The lowest BCUT2D eigenvalue weighted by Crippen LogP contribution is -2.39. The number of halogens is 1. The number of guanidine groups is 1. The van der Waals surface area contributed by atoms with Crippen LogP contribution < -0.4 is 10.6 Å². The Hall–Kier alpha value is -1.92. The van der Waals surface area contributed by atoms with Crippen molar-refractivity contribution in [3.63, 3.8) is 0 Å². The number of nitrogens with zero attached hydrogens (tertiary/aromatic N) is 2. The molecule has 0 saturated carbocycles. The first-order chi connectivity index (χ1) is 12.1. The van der Waals surface area contributed by atoms with E-state index in [-0.39, 0.29) is 11.9 Å². The molecule has 0 amide bonds. The predicted molar refractivity (Wildman–Crippen MR) is 105 cm³/mol. The summed E-state index contributed by atoms with van der Waals surface area (Å²) >= 11 is 1.76. The molecule has 0 radical (unpaired) electrons. The van der Waals surface area contributed by atoms with Crippen LogP contribution in [-0.2, 0) is 6.42 Å². The summed E-state index contributed by atoms with van der Waals surface area (Å²) in [5.41, 5.74) is 1.11. The van der Waals surface area contributed by atoms with Crippen LogP contribution in [0.2, 0.25) is 0 Å². The summed E-state index contributed by atoms with van der Waals surface area (Å²) in [5.74, 6) is 0.614. The van der Waals surface area contributed by atoms with Gasteiger partial charge in [0.15, 0.2) is 5.96 Å². The Bertz CT molecular complexity index is 638. The van der Waals surface area contributed by atoms with Gasteiger partial charge in [0.1, 0.15) is 5.82 Å². The fraction of sp³-hybridized carbons (Fsp3) is 0.421. The van der Waals surface area contributed by atoms with Crippen molar-refractivity contribution in [1.29, 1.82) is 0 Å². The molecule has 136 valence electrons. The van der Waals surface area contributed by atoms with Crippen molar-refractivity contribution < 1.29 is 4.39 Å². The summed E-state index contributed by atoms with van der Waals surface area (Å²) in [6, 6.07) is 11.1. The fourth-order valence-corrected chi connectivity index (χ4v) is 3.40. The third-order valence-corrected chi connectivity index (χ3v) is 4.85. The molecule has 0 fully saturated rings. The number of benzene rings is 1. The summed E-state index contributed by atoms with van der Waals surface area (Å²) in [4.78, 5) is 8.24. The lowest BCUT2D eigenvalue weighted by atomic mass is 10.1. The molecule has 0 aliphatic rings. The van der Waals surface area contributed by atoms with Crippen LogP contribution in [0.5, 0.6) is 0 Å². The second-order valence-electron chi connectivity index (χ2n) is 6.02. The summed E-state index contributed by atoms with van der Waals surface area (Å²) < 4.78 is 12.9. The van der Waals surface area contributed by atoms with Crippen LogP contribution in [-0.4, -0.2) is 44.6 Å². The molecule has 1 aromatic heterocycles. The lowest BCUT2D eigenvalue weighted by Gasteiger charge is -2.22. The predicted octanol–water partition coefficient (Wildman–Crippen LogP) is 3.29. The van der Waals surface area contributed by atoms with E-state index < -0.39 is 0 Å². The Labute approximate surface area is 153 Å². The van der Waals surface area contributed by atoms with E-state index >= 15 is 0 Å². The van der Waals surface area contributed by atoms with Gasteiger partial charge in [-0.3, -0.25) is 4.99 Å². The van der Waals surface area contributed by atoms with Gasteiger partial charge in [-0.25, -0.2) is 4.39 Å². The zero-order chi connectivity index (χ0) is 18.1. The second-order valence-corrected chi connectivity index (χ2v) is 7.00. The SMILES string of the molecule is CCNC(=NCC(c1cccs1)N(C)C)NCCc1ccc(F)cc1. The lowest BCUT2D eigenvalue weighted by molar-refractivity contribution is 0.310. The van der Waals surface area contributed by atoms with Gasteiger partial charge in [0.2, 0.25) is 0 Å². The maximum atomic E-state index is 12.9. The zero-order valence-electron chi connectivity index (χ0n) is 15.1. The topological polar surface area (TPSA) is 39.7 Å². The minimum atomic E-state index is -0.199. The Kier molecular flexibility index (Phi) is 7.88. The summed E-state index contributed by atoms with van der Waals surface area (Å²) in [5, 5.41) is 8.73. The van der Waals surface area contributed by atoms with Crippen LogP contribution in [0.25, 0.3) is 0 Å². The molecule has 0 aliphatic heterocycles. The molecule has 2 aromatic rings. The van der Waals surface area contributed by atoms with E-state index in [4.69, 9.17) is 4.99 Å². The third kappa shape index (κ3) is 6.48. The van der Waals surface area contributed by atoms with Gasteiger partial charge in [-0.1, -0.05) is 18.2 Å². The fourth-order valence-electron chi connectivity index (χ4n) is 2.48. The monoisotopic (exact) mass is 362 g/mol. The highest BCUT2D eigenvalue weighted by Crippen LogP contribution is 2.23. The van der Waals surface area contributed by atoms with Crippen LogP contribution in [0.4, 0.5) is 4.39 Å². The van der Waals surface area contributed by atoms with Crippen LogP contribution in [0.3, 0.4) is 0 Å². The molecule has 2 rings (SSSR count). The van der Waals surface area contributed by atoms with Gasteiger partial charge in [-0.05, 0) is 56.6 Å². The smallest absolute Gasteiger partial charge is 0.191 e. The molecule has 6 heteroatoms. The van der Waals surface area contributed by atoms with Gasteiger partial charge in [-0.15, -0.1) is 11.3 Å². The number of hydrogen-bond donors (Lipinski definition) is 2. The molecule has 0 bridgehead atoms. The highest BCUT2D eigenvalue weighted by Gasteiger charge is 2.14. The molecule has 0 spiro atoms. The van der Waals surface area contributed by atoms with E-state index in [1.165, 1.54) is 17.0 Å². The Morgan fingerprint density at radius 3 is 2.56 bits per heavy atom. The molecular weight excluding hydrogens is 335 g/mol. The Morgan fingerprint density at radius 1 is 1.20 bits per heavy atom. The molecule has 1 unspecified atom stereocenters. The minimum absolute atomic E-state index is 0.199. The molecule has 0 aliphatic carbocycles. The largest absolute Gasteiger partial charge is 0.357 e. The molecule has 2 N–H and O–H groups in total. The Morgan fingerprint density at radius 2 is 1.96 bits per heavy atom. The quantitative estimate of drug-likeness (QED) is 0.559. The number of aliphatic imine (C=N–C) groups is 1. The van der Waals surface area contributed by atoms with Crippen molar-refractivity contribution in [2.24, 2.45) is 4.99 Å². The summed E-state index contributed by atoms with van der Waals surface area (Å²) in [6.45, 7) is 4.32. The molecule has 1 aromatic carbocycles. The van der Waals surface area contributed by atoms with Crippen molar-refractivity contribution >= 4 is 17.3 Å². The second kappa shape index (κ2) is 10.2. The normalized spacial score (nSPS) is 13.1. The van der Waals surface area contributed by atoms with Gasteiger partial charge in [-0.2, -0.15) is 0 Å². The number of thiophene rings is 1. The highest BCUT2D eigenvalue weighted by molar-refractivity contribution is 7.10. The van der Waals surface area contributed by atoms with Crippen molar-refractivity contribution in [1.82, 2.24) is 15.5 Å². The van der Waals surface area contributed by atoms with E-state index in [0.717, 1.165) is 31.0 Å². The van der Waals surface area contributed by atoms with Crippen LogP contribution in [0.1, 0.15) is 23.4 Å². The number of likely N-dealkylation sites (N-methyl/N-ethyl adjacent to an activating group) is 1. The first-order valence-electron chi connectivity index (χ1n) is 8.56. The first kappa shape index (κ1) is 19.4. The van der Waals surface area contributed by atoms with Crippen LogP contribution in [0, 0.1) is 5.82 Å². The Balaban J connectivity index is 1.91. The number of nitrogens with one attached hydrogen (secondary N) is 2. The average Bonchev–Trinajstić information content (AvgIpc) is 3.10. The van der Waals surface area contributed by atoms with Gasteiger partial charge < -0.3 is 15.5 Å². The number of rotatable bonds is 8. The number of hydrogen-bond acceptors (Lipinski definition) is 3. The zero-order valence-corrected chi connectivity index (χ0v) is 15.9. The van der Waals surface area contributed by atoms with Crippen LogP contribution in [0.15, 0.2) is 46.8 Å². The molecule has 25 heavy (non-hydrogen) atoms. The van der Waals surface area contributed by atoms with E-state index in [9.17, 15) is 4.39 Å². The molecule has 1 heterocycles. The van der Waals surface area contributed by atoms with Crippen molar-refractivity contribution in [3.8, 4) is 0 Å². The maximum absolute atomic E-state index is 12.9. The maximum Gasteiger partial charge on any atom is 0.191 e. The van der Waals surface area contributed by atoms with Crippen molar-refractivity contribution in [2.75, 3.05) is 33.7 Å². The summed E-state index contributed by atoms with van der Waals surface area (Å²) in [7, 11) is 4.16. The van der Waals surface area contributed by atoms with Gasteiger partial charge >= 0.3 is 0 Å². The minimum Gasteiger partial charge on any atom is -0.357 e. The van der Waals surface area contributed by atoms with E-state index in [2.05, 4.69) is 54.1 Å². The molecular formula is C19H27FN4S. The van der Waals surface area contributed by atoms with Crippen molar-refractivity contribution in [2.45, 2.75) is 19.4 Å². The average molecular weight is 363 g/mol. The van der Waals surface area contributed by atoms with Gasteiger partial charge in [0.25, 0.3) is 0 Å². The third-order valence-electron chi connectivity index (χ3n) is 3.88. The standard InChI is InChI=1S/C19H27FN4S/c1-4-21-19(22-12-11-15-7-9-16(20)10-8-15)23-14-17(24(2)3)18-6-5-13-25-18/h5-10,13,17H,4,11-12,14H2,1-3H3,(H2,21,22,23). The first-order valence-corrected chi connectivity index (χ1v) is 9.44. The van der Waals surface area contributed by atoms with Crippen LogP contribution >= 0.6 is 11.3 Å². The van der Waals surface area contributed by atoms with E-state index in [1.807, 2.05) is 12.1 Å². The van der Waals surface area contributed by atoms with Gasteiger partial charge in [0.05, 0.1) is 12.6 Å².